The van der Waals surface area contributed by atoms with E-state index < -0.39 is 0 Å². The molecule has 0 saturated carbocycles. The molecule has 0 unspecified atom stereocenters. The minimum Gasteiger partial charge on any atom is -0.286 e. The summed E-state index contributed by atoms with van der Waals surface area (Å²) in [6, 6.07) is 9.21. The Labute approximate surface area is 77.6 Å². The molecule has 3 heteroatoms. The molecule has 1 amide bonds. The summed E-state index contributed by atoms with van der Waals surface area (Å²) in [6.45, 7) is 1.92. The second-order valence-electron chi connectivity index (χ2n) is 2.82. The molecule has 1 atom stereocenters. The average Bonchev–Trinajstić information content (AvgIpc) is 2.20. The minimum absolute atomic E-state index is 0.237. The van der Waals surface area contributed by atoms with E-state index in [1.165, 1.54) is 0 Å². The van der Waals surface area contributed by atoms with Crippen LogP contribution in [0.2, 0.25) is 0 Å². The molecule has 1 rings (SSSR count). The summed E-state index contributed by atoms with van der Waals surface area (Å²) in [7, 11) is 0. The average molecular weight is 179 g/mol. The molecule has 0 aliphatic rings. The summed E-state index contributed by atoms with van der Waals surface area (Å²) in [5.41, 5.74) is 0.944. The topological polar surface area (TPSA) is 40.5 Å². The molecular formula is C10H13NO2. The van der Waals surface area contributed by atoms with Crippen LogP contribution in [0.25, 0.3) is 0 Å². The fourth-order valence-electron chi connectivity index (χ4n) is 1.32. The highest BCUT2D eigenvalue weighted by atomic mass is 16.5. The highest BCUT2D eigenvalue weighted by Crippen LogP contribution is 2.20. The van der Waals surface area contributed by atoms with Gasteiger partial charge in [-0.25, -0.2) is 5.06 Å². The molecule has 70 valence electrons. The van der Waals surface area contributed by atoms with Gasteiger partial charge in [-0.05, 0) is 12.0 Å². The van der Waals surface area contributed by atoms with Crippen LogP contribution < -0.4 is 0 Å². The number of carbonyl (C=O) groups is 1. The van der Waals surface area contributed by atoms with Crippen LogP contribution in [0.5, 0.6) is 0 Å². The van der Waals surface area contributed by atoms with E-state index >= 15 is 0 Å². The summed E-state index contributed by atoms with van der Waals surface area (Å²) in [5.74, 6) is 0. The fraction of sp³-hybridized carbons (Fsp3) is 0.300. The van der Waals surface area contributed by atoms with E-state index in [2.05, 4.69) is 0 Å². The van der Waals surface area contributed by atoms with Gasteiger partial charge < -0.3 is 0 Å². The molecule has 0 aliphatic carbocycles. The van der Waals surface area contributed by atoms with Crippen molar-refractivity contribution in [2.75, 3.05) is 0 Å². The molecule has 1 aromatic rings. The first-order valence-electron chi connectivity index (χ1n) is 4.27. The predicted molar refractivity (Wildman–Crippen MR) is 49.2 cm³/mol. The molecule has 0 saturated heterocycles. The lowest BCUT2D eigenvalue weighted by atomic mass is 10.1. The van der Waals surface area contributed by atoms with Crippen molar-refractivity contribution in [3.8, 4) is 0 Å². The first-order chi connectivity index (χ1) is 6.29. The van der Waals surface area contributed by atoms with Crippen LogP contribution in [0.3, 0.4) is 0 Å². The summed E-state index contributed by atoms with van der Waals surface area (Å²) in [6.07, 6.45) is 1.13. The van der Waals surface area contributed by atoms with Crippen molar-refractivity contribution < 1.29 is 10.0 Å². The predicted octanol–water partition coefficient (Wildman–Crippen LogP) is 1.99. The lowest BCUT2D eigenvalue weighted by Crippen LogP contribution is -2.22. The van der Waals surface area contributed by atoms with Gasteiger partial charge >= 0.3 is 0 Å². The number of hydrogen-bond donors (Lipinski definition) is 1. The van der Waals surface area contributed by atoms with Crippen LogP contribution in [0, 0.1) is 0 Å². The van der Waals surface area contributed by atoms with E-state index in [0.29, 0.717) is 17.9 Å². The summed E-state index contributed by atoms with van der Waals surface area (Å²) < 4.78 is 0. The van der Waals surface area contributed by atoms with Crippen LogP contribution in [0.4, 0.5) is 0 Å². The lowest BCUT2D eigenvalue weighted by molar-refractivity contribution is -0.161. The van der Waals surface area contributed by atoms with Gasteiger partial charge in [-0.2, -0.15) is 0 Å². The van der Waals surface area contributed by atoms with E-state index in [1.54, 1.807) is 0 Å². The molecular weight excluding hydrogens is 166 g/mol. The lowest BCUT2D eigenvalue weighted by Gasteiger charge is -2.20. The van der Waals surface area contributed by atoms with Gasteiger partial charge in [-0.3, -0.25) is 10.0 Å². The number of carbonyl (C=O) groups excluding carboxylic acids is 1. The molecule has 0 heterocycles. The number of benzene rings is 1. The largest absolute Gasteiger partial charge is 0.286 e. The van der Waals surface area contributed by atoms with E-state index in [4.69, 9.17) is 0 Å². The standard InChI is InChI=1S/C10H13NO2/c1-2-10(11(13)8-12)9-6-4-3-5-7-9/h3-8,10,13H,2H2,1H3/t10-/m0/s1. The molecule has 0 radical (unpaired) electrons. The van der Waals surface area contributed by atoms with Crippen molar-refractivity contribution in [1.82, 2.24) is 5.06 Å². The molecule has 0 fully saturated rings. The number of amides is 1. The van der Waals surface area contributed by atoms with Crippen molar-refractivity contribution in [1.29, 1.82) is 0 Å². The quantitative estimate of drug-likeness (QED) is 0.436. The molecule has 0 aliphatic heterocycles. The van der Waals surface area contributed by atoms with E-state index in [9.17, 15) is 10.0 Å². The molecule has 3 nitrogen and oxygen atoms in total. The maximum atomic E-state index is 10.4. The third-order valence-corrected chi connectivity index (χ3v) is 2.00. The van der Waals surface area contributed by atoms with Gasteiger partial charge in [0.2, 0.25) is 6.41 Å². The normalized spacial score (nSPS) is 12.2. The molecule has 0 aromatic heterocycles. The van der Waals surface area contributed by atoms with E-state index in [-0.39, 0.29) is 6.04 Å². The van der Waals surface area contributed by atoms with Gasteiger partial charge in [-0.15, -0.1) is 0 Å². The second kappa shape index (κ2) is 4.62. The molecule has 13 heavy (non-hydrogen) atoms. The monoisotopic (exact) mass is 179 g/mol. The minimum atomic E-state index is -0.237. The molecule has 0 spiro atoms. The Bertz CT molecular complexity index is 261. The number of nitrogens with zero attached hydrogens (tertiary/aromatic N) is 1. The summed E-state index contributed by atoms with van der Waals surface area (Å²) >= 11 is 0. The maximum absolute atomic E-state index is 10.4. The Morgan fingerprint density at radius 3 is 2.54 bits per heavy atom. The van der Waals surface area contributed by atoms with Crippen LogP contribution in [0.1, 0.15) is 24.9 Å². The zero-order chi connectivity index (χ0) is 9.68. The Balaban J connectivity index is 2.84. The van der Waals surface area contributed by atoms with Crippen molar-refractivity contribution >= 4 is 6.41 Å². The number of hydroxylamine groups is 2. The third-order valence-electron chi connectivity index (χ3n) is 2.00. The van der Waals surface area contributed by atoms with Gasteiger partial charge in [-0.1, -0.05) is 37.3 Å². The van der Waals surface area contributed by atoms with Crippen LogP contribution in [-0.4, -0.2) is 16.7 Å². The van der Waals surface area contributed by atoms with E-state index in [1.807, 2.05) is 37.3 Å². The third kappa shape index (κ3) is 2.29. The van der Waals surface area contributed by atoms with E-state index in [0.717, 1.165) is 5.56 Å². The van der Waals surface area contributed by atoms with Gasteiger partial charge in [0.1, 0.15) is 0 Å². The van der Waals surface area contributed by atoms with Crippen LogP contribution >= 0.6 is 0 Å². The Morgan fingerprint density at radius 1 is 1.46 bits per heavy atom. The van der Waals surface area contributed by atoms with Crippen molar-refractivity contribution in [2.24, 2.45) is 0 Å². The molecule has 1 aromatic carbocycles. The number of hydrogen-bond acceptors (Lipinski definition) is 2. The highest BCUT2D eigenvalue weighted by Gasteiger charge is 2.14. The van der Waals surface area contributed by atoms with Gasteiger partial charge in [0, 0.05) is 0 Å². The fourth-order valence-corrected chi connectivity index (χ4v) is 1.32. The Morgan fingerprint density at radius 2 is 2.08 bits per heavy atom. The van der Waals surface area contributed by atoms with Crippen molar-refractivity contribution in [2.45, 2.75) is 19.4 Å². The Kier molecular flexibility index (Phi) is 3.46. The Hall–Kier alpha value is -1.35. The van der Waals surface area contributed by atoms with Crippen molar-refractivity contribution in [3.63, 3.8) is 0 Å². The maximum Gasteiger partial charge on any atom is 0.233 e. The first kappa shape index (κ1) is 9.74. The van der Waals surface area contributed by atoms with Crippen LogP contribution in [-0.2, 0) is 4.79 Å². The van der Waals surface area contributed by atoms with Gasteiger partial charge in [0.25, 0.3) is 0 Å². The molecule has 1 N–H and O–H groups in total. The SMILES string of the molecule is CC[C@@H](c1ccccc1)N(O)C=O. The van der Waals surface area contributed by atoms with Crippen molar-refractivity contribution in [3.05, 3.63) is 35.9 Å². The van der Waals surface area contributed by atoms with Gasteiger partial charge in [0.15, 0.2) is 0 Å². The van der Waals surface area contributed by atoms with Gasteiger partial charge in [0.05, 0.1) is 6.04 Å². The first-order valence-corrected chi connectivity index (χ1v) is 4.27. The second-order valence-corrected chi connectivity index (χ2v) is 2.82. The summed E-state index contributed by atoms with van der Waals surface area (Å²) in [5, 5.41) is 9.94. The number of rotatable bonds is 4. The van der Waals surface area contributed by atoms with Crippen LogP contribution in [0.15, 0.2) is 30.3 Å². The summed E-state index contributed by atoms with van der Waals surface area (Å²) in [4.78, 5) is 10.4. The smallest absolute Gasteiger partial charge is 0.233 e. The highest BCUT2D eigenvalue weighted by molar-refractivity contribution is 5.46. The zero-order valence-electron chi connectivity index (χ0n) is 7.55. The molecule has 0 bridgehead atoms. The zero-order valence-corrected chi connectivity index (χ0v) is 7.55.